The predicted octanol–water partition coefficient (Wildman–Crippen LogP) is 4.72. The highest BCUT2D eigenvalue weighted by molar-refractivity contribution is 9.10. The van der Waals surface area contributed by atoms with Crippen LogP contribution in [0.25, 0.3) is 0 Å². The van der Waals surface area contributed by atoms with E-state index in [2.05, 4.69) is 15.9 Å². The van der Waals surface area contributed by atoms with E-state index >= 15 is 0 Å². The molecule has 0 atom stereocenters. The Bertz CT molecular complexity index is 698. The highest BCUT2D eigenvalue weighted by atomic mass is 79.9. The lowest BCUT2D eigenvalue weighted by Gasteiger charge is -2.06. The molecule has 0 spiro atoms. The van der Waals surface area contributed by atoms with Gasteiger partial charge in [-0.25, -0.2) is 4.79 Å². The minimum atomic E-state index is -1.04. The molecule has 0 aliphatic heterocycles. The van der Waals surface area contributed by atoms with Gasteiger partial charge in [-0.05, 0) is 36.6 Å². The third-order valence-electron chi connectivity index (χ3n) is 3.57. The average Bonchev–Trinajstić information content (AvgIpc) is 2.58. The standard InChI is InChI=1S/C19H19BrO4/c20-17-10-9-15(19(22)23)12-16(17)18(21)8-4-5-11-24-13-14-6-2-1-3-7-14/h1-3,6-7,9-10,12H,4-5,8,11,13H2,(H,22,23). The van der Waals surface area contributed by atoms with Crippen molar-refractivity contribution >= 4 is 27.7 Å². The molecule has 0 aromatic heterocycles. The average molecular weight is 391 g/mol. The molecule has 0 fully saturated rings. The Morgan fingerprint density at radius 1 is 1.04 bits per heavy atom. The van der Waals surface area contributed by atoms with Crippen LogP contribution in [-0.2, 0) is 11.3 Å². The van der Waals surface area contributed by atoms with Gasteiger partial charge in [0.05, 0.1) is 12.2 Å². The van der Waals surface area contributed by atoms with Gasteiger partial charge in [-0.3, -0.25) is 4.79 Å². The van der Waals surface area contributed by atoms with Gasteiger partial charge in [0.15, 0.2) is 5.78 Å². The van der Waals surface area contributed by atoms with E-state index in [0.29, 0.717) is 36.1 Å². The lowest BCUT2D eigenvalue weighted by Crippen LogP contribution is -2.05. The zero-order valence-electron chi connectivity index (χ0n) is 13.2. The number of ether oxygens (including phenoxy) is 1. The first-order valence-electron chi connectivity index (χ1n) is 7.75. The van der Waals surface area contributed by atoms with Crippen molar-refractivity contribution in [2.45, 2.75) is 25.9 Å². The Morgan fingerprint density at radius 3 is 2.50 bits per heavy atom. The Kier molecular flexibility index (Phi) is 7.15. The first-order valence-corrected chi connectivity index (χ1v) is 8.55. The molecular weight excluding hydrogens is 372 g/mol. The number of carboxylic acids is 1. The number of Topliss-reactive ketones (excluding diaryl/α,β-unsaturated/α-hetero) is 1. The Labute approximate surface area is 149 Å². The van der Waals surface area contributed by atoms with Crippen LogP contribution in [0.1, 0.15) is 45.5 Å². The smallest absolute Gasteiger partial charge is 0.335 e. The van der Waals surface area contributed by atoms with E-state index in [0.717, 1.165) is 12.0 Å². The molecule has 4 nitrogen and oxygen atoms in total. The molecule has 0 unspecified atom stereocenters. The van der Waals surface area contributed by atoms with Crippen molar-refractivity contribution in [2.75, 3.05) is 6.61 Å². The summed E-state index contributed by atoms with van der Waals surface area (Å²) in [5.41, 5.74) is 1.66. The molecule has 126 valence electrons. The maximum Gasteiger partial charge on any atom is 0.335 e. The van der Waals surface area contributed by atoms with Crippen LogP contribution in [0, 0.1) is 0 Å². The van der Waals surface area contributed by atoms with Crippen molar-refractivity contribution in [1.29, 1.82) is 0 Å². The summed E-state index contributed by atoms with van der Waals surface area (Å²) in [6, 6.07) is 14.4. The molecule has 5 heteroatoms. The van der Waals surface area contributed by atoms with Gasteiger partial charge in [-0.15, -0.1) is 0 Å². The van der Waals surface area contributed by atoms with Crippen LogP contribution in [0.15, 0.2) is 53.0 Å². The van der Waals surface area contributed by atoms with Crippen LogP contribution < -0.4 is 0 Å². The van der Waals surface area contributed by atoms with Crippen LogP contribution in [0.3, 0.4) is 0 Å². The number of halogens is 1. The fourth-order valence-electron chi connectivity index (χ4n) is 2.26. The number of hydrogen-bond acceptors (Lipinski definition) is 3. The van der Waals surface area contributed by atoms with Gasteiger partial charge in [0, 0.05) is 23.1 Å². The van der Waals surface area contributed by atoms with E-state index < -0.39 is 5.97 Å². The van der Waals surface area contributed by atoms with E-state index in [1.807, 2.05) is 30.3 Å². The molecular formula is C19H19BrO4. The van der Waals surface area contributed by atoms with Gasteiger partial charge in [0.25, 0.3) is 0 Å². The molecule has 2 rings (SSSR count). The number of unbranched alkanes of at least 4 members (excludes halogenated alkanes) is 1. The third kappa shape index (κ3) is 5.58. The van der Waals surface area contributed by atoms with Crippen molar-refractivity contribution in [3.05, 3.63) is 69.7 Å². The lowest BCUT2D eigenvalue weighted by molar-refractivity contribution is 0.0697. The molecule has 0 amide bonds. The zero-order valence-corrected chi connectivity index (χ0v) is 14.8. The van der Waals surface area contributed by atoms with Gasteiger partial charge in [0.1, 0.15) is 0 Å². The normalized spacial score (nSPS) is 10.5. The molecule has 0 aliphatic rings. The molecule has 0 heterocycles. The van der Waals surface area contributed by atoms with Crippen LogP contribution in [0.2, 0.25) is 0 Å². The zero-order chi connectivity index (χ0) is 17.4. The summed E-state index contributed by atoms with van der Waals surface area (Å²) in [6.45, 7) is 1.17. The monoisotopic (exact) mass is 390 g/mol. The van der Waals surface area contributed by atoms with E-state index in [1.54, 1.807) is 6.07 Å². The Morgan fingerprint density at radius 2 is 1.79 bits per heavy atom. The number of aromatic carboxylic acids is 1. The minimum absolute atomic E-state index is 0.0620. The maximum atomic E-state index is 12.2. The molecule has 24 heavy (non-hydrogen) atoms. The molecule has 0 saturated heterocycles. The highest BCUT2D eigenvalue weighted by Gasteiger charge is 2.13. The molecule has 1 N–H and O–H groups in total. The van der Waals surface area contributed by atoms with Crippen molar-refractivity contribution in [1.82, 2.24) is 0 Å². The number of carbonyl (C=O) groups is 2. The second kappa shape index (κ2) is 9.35. The summed E-state index contributed by atoms with van der Waals surface area (Å²) in [7, 11) is 0. The molecule has 2 aromatic rings. The van der Waals surface area contributed by atoms with Gasteiger partial charge in [0.2, 0.25) is 0 Å². The molecule has 0 saturated carbocycles. The summed E-state index contributed by atoms with van der Waals surface area (Å²) >= 11 is 3.30. The number of carbonyl (C=O) groups excluding carboxylic acids is 1. The van der Waals surface area contributed by atoms with Crippen molar-refractivity contribution < 1.29 is 19.4 Å². The number of ketones is 1. The first-order chi connectivity index (χ1) is 11.6. The number of hydrogen-bond donors (Lipinski definition) is 1. The summed E-state index contributed by atoms with van der Waals surface area (Å²) in [6.07, 6.45) is 1.86. The van der Waals surface area contributed by atoms with Gasteiger partial charge in [-0.2, -0.15) is 0 Å². The third-order valence-corrected chi connectivity index (χ3v) is 4.26. The number of carboxylic acid groups (broad SMARTS) is 1. The predicted molar refractivity (Wildman–Crippen MR) is 95.4 cm³/mol. The number of rotatable bonds is 9. The van der Waals surface area contributed by atoms with Crippen molar-refractivity contribution in [2.24, 2.45) is 0 Å². The van der Waals surface area contributed by atoms with E-state index in [-0.39, 0.29) is 11.3 Å². The van der Waals surface area contributed by atoms with E-state index in [9.17, 15) is 9.59 Å². The van der Waals surface area contributed by atoms with Crippen molar-refractivity contribution in [3.8, 4) is 0 Å². The largest absolute Gasteiger partial charge is 0.478 e. The Hall–Kier alpha value is -1.98. The summed E-state index contributed by atoms with van der Waals surface area (Å²) in [5, 5.41) is 9.01. The molecule has 0 aliphatic carbocycles. The van der Waals surface area contributed by atoms with Crippen molar-refractivity contribution in [3.63, 3.8) is 0 Å². The SMILES string of the molecule is O=C(O)c1ccc(Br)c(C(=O)CCCCOCc2ccccc2)c1. The lowest BCUT2D eigenvalue weighted by atomic mass is 10.0. The fourth-order valence-corrected chi connectivity index (χ4v) is 2.73. The van der Waals surface area contributed by atoms with Crippen LogP contribution in [0.5, 0.6) is 0 Å². The summed E-state index contributed by atoms with van der Waals surface area (Å²) < 4.78 is 6.21. The summed E-state index contributed by atoms with van der Waals surface area (Å²) in [5.74, 6) is -1.10. The quantitative estimate of drug-likeness (QED) is 0.497. The topological polar surface area (TPSA) is 63.6 Å². The number of benzene rings is 2. The second-order valence-electron chi connectivity index (χ2n) is 5.42. The minimum Gasteiger partial charge on any atom is -0.478 e. The van der Waals surface area contributed by atoms with Gasteiger partial charge >= 0.3 is 5.97 Å². The first kappa shape index (κ1) is 18.4. The maximum absolute atomic E-state index is 12.2. The van der Waals surface area contributed by atoms with E-state index in [1.165, 1.54) is 12.1 Å². The van der Waals surface area contributed by atoms with Crippen LogP contribution in [-0.4, -0.2) is 23.5 Å². The highest BCUT2D eigenvalue weighted by Crippen LogP contribution is 2.21. The molecule has 0 radical (unpaired) electrons. The van der Waals surface area contributed by atoms with Gasteiger partial charge < -0.3 is 9.84 Å². The molecule has 2 aromatic carbocycles. The molecule has 0 bridgehead atoms. The van der Waals surface area contributed by atoms with E-state index in [4.69, 9.17) is 9.84 Å². The fraction of sp³-hybridized carbons (Fsp3) is 0.263. The van der Waals surface area contributed by atoms with Crippen LogP contribution in [0.4, 0.5) is 0 Å². The van der Waals surface area contributed by atoms with Gasteiger partial charge in [-0.1, -0.05) is 46.3 Å². The second-order valence-corrected chi connectivity index (χ2v) is 6.27. The Balaban J connectivity index is 1.73. The summed E-state index contributed by atoms with van der Waals surface area (Å²) in [4.78, 5) is 23.2. The van der Waals surface area contributed by atoms with Crippen LogP contribution >= 0.6 is 15.9 Å².